The average molecular weight is 361 g/mol. The second-order valence-electron chi connectivity index (χ2n) is 4.13. The number of aliphatic hydroxyl groups excluding tert-OH is 1. The summed E-state index contributed by atoms with van der Waals surface area (Å²) in [7, 11) is 0. The molecule has 0 aliphatic carbocycles. The minimum atomic E-state index is -0.583. The smallest absolute Gasteiger partial charge is 0.251 e. The molecule has 1 aliphatic heterocycles. The van der Waals surface area contributed by atoms with Gasteiger partial charge in [-0.05, 0) is 46.9 Å². The Morgan fingerprint density at radius 1 is 1.50 bits per heavy atom. The van der Waals surface area contributed by atoms with E-state index in [9.17, 15) is 9.90 Å². The van der Waals surface area contributed by atoms with E-state index < -0.39 is 6.35 Å². The Bertz CT molecular complexity index is 410. The van der Waals surface area contributed by atoms with E-state index >= 15 is 0 Å². The molecular formula is C12H16IN3O2. The van der Waals surface area contributed by atoms with Crippen molar-refractivity contribution in [3.05, 3.63) is 33.4 Å². The van der Waals surface area contributed by atoms with Crippen LogP contribution < -0.4 is 10.6 Å². The summed E-state index contributed by atoms with van der Waals surface area (Å²) in [4.78, 5) is 13.7. The SMILES string of the molecule is O=C(NCCN1CCNC1O)c1ccc(I)cc1. The maximum absolute atomic E-state index is 11.8. The van der Waals surface area contributed by atoms with E-state index in [0.717, 1.165) is 16.7 Å². The van der Waals surface area contributed by atoms with Crippen molar-refractivity contribution >= 4 is 28.5 Å². The van der Waals surface area contributed by atoms with Crippen LogP contribution in [0, 0.1) is 3.57 Å². The standard InChI is InChI=1S/C12H16IN3O2/c13-10-3-1-9(2-4-10)11(17)14-5-7-16-8-6-15-12(16)18/h1-4,12,15,18H,5-8H2,(H,14,17). The number of carbonyl (C=O) groups excluding carboxylic acids is 1. The molecule has 0 aromatic heterocycles. The van der Waals surface area contributed by atoms with E-state index in [0.29, 0.717) is 18.7 Å². The Kier molecular flexibility index (Phi) is 4.93. The third kappa shape index (κ3) is 3.64. The monoisotopic (exact) mass is 361 g/mol. The van der Waals surface area contributed by atoms with Crippen molar-refractivity contribution in [1.82, 2.24) is 15.5 Å². The minimum Gasteiger partial charge on any atom is -0.365 e. The molecule has 1 atom stereocenters. The number of hydrogen-bond acceptors (Lipinski definition) is 4. The van der Waals surface area contributed by atoms with Crippen LogP contribution in [-0.2, 0) is 0 Å². The molecule has 5 nitrogen and oxygen atoms in total. The van der Waals surface area contributed by atoms with Crippen LogP contribution in [-0.4, -0.2) is 48.4 Å². The Morgan fingerprint density at radius 3 is 2.83 bits per heavy atom. The van der Waals surface area contributed by atoms with E-state index in [1.807, 2.05) is 29.2 Å². The molecule has 1 fully saturated rings. The van der Waals surface area contributed by atoms with Gasteiger partial charge in [0.05, 0.1) is 0 Å². The maximum Gasteiger partial charge on any atom is 0.251 e. The Morgan fingerprint density at radius 2 is 2.22 bits per heavy atom. The molecule has 1 aromatic rings. The van der Waals surface area contributed by atoms with Crippen LogP contribution in [0.4, 0.5) is 0 Å². The van der Waals surface area contributed by atoms with E-state index in [-0.39, 0.29) is 5.91 Å². The first-order valence-corrected chi connectivity index (χ1v) is 6.94. The summed E-state index contributed by atoms with van der Waals surface area (Å²) < 4.78 is 1.11. The summed E-state index contributed by atoms with van der Waals surface area (Å²) in [6.45, 7) is 2.76. The number of hydrogen-bond donors (Lipinski definition) is 3. The molecule has 98 valence electrons. The second kappa shape index (κ2) is 6.46. The molecule has 0 bridgehead atoms. The fourth-order valence-corrected chi connectivity index (χ4v) is 2.20. The van der Waals surface area contributed by atoms with Crippen molar-refractivity contribution in [2.45, 2.75) is 6.35 Å². The Labute approximate surface area is 120 Å². The lowest BCUT2D eigenvalue weighted by Gasteiger charge is -2.18. The topological polar surface area (TPSA) is 64.6 Å². The molecule has 1 aliphatic rings. The van der Waals surface area contributed by atoms with Crippen molar-refractivity contribution in [3.63, 3.8) is 0 Å². The fourth-order valence-electron chi connectivity index (χ4n) is 1.84. The van der Waals surface area contributed by atoms with Gasteiger partial charge in [-0.2, -0.15) is 0 Å². The molecule has 0 saturated carbocycles. The fraction of sp³-hybridized carbons (Fsp3) is 0.417. The van der Waals surface area contributed by atoms with Gasteiger partial charge in [0.2, 0.25) is 0 Å². The van der Waals surface area contributed by atoms with Crippen LogP contribution in [0.1, 0.15) is 10.4 Å². The van der Waals surface area contributed by atoms with Gasteiger partial charge in [0.25, 0.3) is 5.91 Å². The van der Waals surface area contributed by atoms with Crippen LogP contribution in [0.25, 0.3) is 0 Å². The summed E-state index contributed by atoms with van der Waals surface area (Å²) in [5.41, 5.74) is 0.663. The predicted octanol–water partition coefficient (Wildman–Crippen LogP) is 0.202. The Balaban J connectivity index is 1.76. The third-order valence-corrected chi connectivity index (χ3v) is 3.58. The molecule has 2 rings (SSSR count). The summed E-state index contributed by atoms with van der Waals surface area (Å²) in [5, 5.41) is 15.3. The van der Waals surface area contributed by atoms with E-state index in [1.54, 1.807) is 0 Å². The summed E-state index contributed by atoms with van der Waals surface area (Å²) in [5.74, 6) is -0.0759. The van der Waals surface area contributed by atoms with E-state index in [2.05, 4.69) is 33.2 Å². The molecule has 0 spiro atoms. The van der Waals surface area contributed by atoms with E-state index in [4.69, 9.17) is 0 Å². The van der Waals surface area contributed by atoms with Crippen molar-refractivity contribution in [2.75, 3.05) is 26.2 Å². The lowest BCUT2D eigenvalue weighted by molar-refractivity contribution is 0.0229. The van der Waals surface area contributed by atoms with E-state index in [1.165, 1.54) is 0 Å². The maximum atomic E-state index is 11.8. The number of aliphatic hydroxyl groups is 1. The predicted molar refractivity (Wildman–Crippen MR) is 77.1 cm³/mol. The van der Waals surface area contributed by atoms with Gasteiger partial charge < -0.3 is 10.4 Å². The van der Waals surface area contributed by atoms with Crippen LogP contribution >= 0.6 is 22.6 Å². The number of nitrogens with zero attached hydrogens (tertiary/aromatic N) is 1. The van der Waals surface area contributed by atoms with Gasteiger partial charge in [0, 0.05) is 35.3 Å². The van der Waals surface area contributed by atoms with Gasteiger partial charge in [-0.1, -0.05) is 0 Å². The van der Waals surface area contributed by atoms with Crippen molar-refractivity contribution in [2.24, 2.45) is 0 Å². The molecule has 6 heteroatoms. The number of rotatable bonds is 4. The van der Waals surface area contributed by atoms with Crippen LogP contribution in [0.3, 0.4) is 0 Å². The minimum absolute atomic E-state index is 0.0759. The molecule has 1 saturated heterocycles. The van der Waals surface area contributed by atoms with Gasteiger partial charge in [-0.25, -0.2) is 0 Å². The van der Waals surface area contributed by atoms with Crippen LogP contribution in [0.2, 0.25) is 0 Å². The molecule has 18 heavy (non-hydrogen) atoms. The summed E-state index contributed by atoms with van der Waals surface area (Å²) in [6, 6.07) is 7.43. The first-order chi connectivity index (χ1) is 8.66. The molecule has 0 radical (unpaired) electrons. The zero-order chi connectivity index (χ0) is 13.0. The highest BCUT2D eigenvalue weighted by Gasteiger charge is 2.20. The lowest BCUT2D eigenvalue weighted by atomic mass is 10.2. The van der Waals surface area contributed by atoms with Crippen molar-refractivity contribution in [3.8, 4) is 0 Å². The quantitative estimate of drug-likeness (QED) is 0.671. The molecule has 1 amide bonds. The van der Waals surface area contributed by atoms with Gasteiger partial charge in [-0.15, -0.1) is 0 Å². The lowest BCUT2D eigenvalue weighted by Crippen LogP contribution is -2.40. The zero-order valence-electron chi connectivity index (χ0n) is 9.90. The van der Waals surface area contributed by atoms with Crippen molar-refractivity contribution in [1.29, 1.82) is 0 Å². The number of halogens is 1. The average Bonchev–Trinajstić information content (AvgIpc) is 2.76. The molecule has 3 N–H and O–H groups in total. The van der Waals surface area contributed by atoms with Gasteiger partial charge in [0.15, 0.2) is 6.35 Å². The molecule has 1 unspecified atom stereocenters. The zero-order valence-corrected chi connectivity index (χ0v) is 12.1. The number of amides is 1. The number of benzene rings is 1. The largest absolute Gasteiger partial charge is 0.365 e. The van der Waals surface area contributed by atoms with Crippen LogP contribution in [0.15, 0.2) is 24.3 Å². The van der Waals surface area contributed by atoms with Gasteiger partial charge >= 0.3 is 0 Å². The van der Waals surface area contributed by atoms with Crippen LogP contribution in [0.5, 0.6) is 0 Å². The molecular weight excluding hydrogens is 345 g/mol. The second-order valence-corrected chi connectivity index (χ2v) is 5.37. The number of nitrogens with one attached hydrogen (secondary N) is 2. The number of carbonyl (C=O) groups is 1. The highest BCUT2D eigenvalue weighted by Crippen LogP contribution is 2.06. The Hall–Kier alpha value is -0.700. The van der Waals surface area contributed by atoms with Gasteiger partial charge in [-0.3, -0.25) is 15.0 Å². The third-order valence-electron chi connectivity index (χ3n) is 2.86. The van der Waals surface area contributed by atoms with Gasteiger partial charge in [0.1, 0.15) is 0 Å². The highest BCUT2D eigenvalue weighted by atomic mass is 127. The highest BCUT2D eigenvalue weighted by molar-refractivity contribution is 14.1. The molecule has 1 aromatic carbocycles. The first kappa shape index (κ1) is 13.7. The van der Waals surface area contributed by atoms with Crippen molar-refractivity contribution < 1.29 is 9.90 Å². The first-order valence-electron chi connectivity index (χ1n) is 5.86. The summed E-state index contributed by atoms with van der Waals surface area (Å²) >= 11 is 2.20. The normalized spacial score (nSPS) is 20.0. The molecule has 1 heterocycles. The summed E-state index contributed by atoms with van der Waals surface area (Å²) in [6.07, 6.45) is -0.583.